The second-order valence-electron chi connectivity index (χ2n) is 6.66. The van der Waals surface area contributed by atoms with Crippen molar-refractivity contribution in [2.45, 2.75) is 36.9 Å². The Labute approximate surface area is 156 Å². The molecule has 1 aromatic heterocycles. The molecular formula is C18H22N4O3S. The summed E-state index contributed by atoms with van der Waals surface area (Å²) < 4.78 is 13.1. The van der Waals surface area contributed by atoms with Gasteiger partial charge in [-0.3, -0.25) is 4.79 Å². The van der Waals surface area contributed by atoms with Crippen molar-refractivity contribution in [1.82, 2.24) is 20.1 Å². The van der Waals surface area contributed by atoms with Gasteiger partial charge in [-0.1, -0.05) is 17.8 Å². The number of ether oxygens (including phenoxy) is 2. The maximum absolute atomic E-state index is 12.3. The summed E-state index contributed by atoms with van der Waals surface area (Å²) in [6.45, 7) is 3.08. The van der Waals surface area contributed by atoms with Gasteiger partial charge in [0, 0.05) is 13.0 Å². The summed E-state index contributed by atoms with van der Waals surface area (Å²) in [5.74, 6) is 3.33. The number of amides is 1. The molecule has 1 amide bonds. The number of thioether (sulfide) groups is 1. The highest BCUT2D eigenvalue weighted by Crippen LogP contribution is 2.39. The number of aromatic nitrogens is 3. The lowest BCUT2D eigenvalue weighted by Crippen LogP contribution is -2.28. The van der Waals surface area contributed by atoms with E-state index < -0.39 is 0 Å². The van der Waals surface area contributed by atoms with Crippen LogP contribution in [0.3, 0.4) is 0 Å². The van der Waals surface area contributed by atoms with Crippen molar-refractivity contribution >= 4 is 17.7 Å². The number of hydrogen-bond donors (Lipinski definition) is 1. The Morgan fingerprint density at radius 2 is 2.08 bits per heavy atom. The molecule has 1 unspecified atom stereocenters. The van der Waals surface area contributed by atoms with Gasteiger partial charge in [0.2, 0.25) is 5.91 Å². The van der Waals surface area contributed by atoms with E-state index >= 15 is 0 Å². The Morgan fingerprint density at radius 1 is 1.31 bits per heavy atom. The molecule has 0 radical (unpaired) electrons. The van der Waals surface area contributed by atoms with E-state index in [1.165, 1.54) is 24.6 Å². The van der Waals surface area contributed by atoms with E-state index in [2.05, 4.69) is 15.5 Å². The van der Waals surface area contributed by atoms with Gasteiger partial charge in [0.05, 0.1) is 11.8 Å². The van der Waals surface area contributed by atoms with Gasteiger partial charge in [0.1, 0.15) is 19.0 Å². The highest BCUT2D eigenvalue weighted by molar-refractivity contribution is 7.99. The van der Waals surface area contributed by atoms with Gasteiger partial charge < -0.3 is 19.4 Å². The first-order valence-electron chi connectivity index (χ1n) is 8.83. The largest absolute Gasteiger partial charge is 0.486 e. The fraction of sp³-hybridized carbons (Fsp3) is 0.500. The van der Waals surface area contributed by atoms with E-state index in [1.807, 2.05) is 36.7 Å². The van der Waals surface area contributed by atoms with Crippen LogP contribution in [0.2, 0.25) is 0 Å². The van der Waals surface area contributed by atoms with Crippen LogP contribution in [0, 0.1) is 0 Å². The minimum absolute atomic E-state index is 0.0339. The number of fused-ring (bicyclic) bond motifs is 1. The molecule has 1 aliphatic carbocycles. The van der Waals surface area contributed by atoms with Crippen molar-refractivity contribution in [3.8, 4) is 11.5 Å². The molecule has 2 heterocycles. The first-order chi connectivity index (χ1) is 12.6. The Hall–Kier alpha value is -2.22. The highest BCUT2D eigenvalue weighted by atomic mass is 32.2. The van der Waals surface area contributed by atoms with Crippen molar-refractivity contribution in [3.63, 3.8) is 0 Å². The van der Waals surface area contributed by atoms with Crippen LogP contribution in [-0.4, -0.2) is 39.6 Å². The van der Waals surface area contributed by atoms with E-state index in [4.69, 9.17) is 9.47 Å². The molecule has 1 atom stereocenters. The Morgan fingerprint density at radius 3 is 2.85 bits per heavy atom. The van der Waals surface area contributed by atoms with Gasteiger partial charge in [0.15, 0.2) is 16.7 Å². The summed E-state index contributed by atoms with van der Waals surface area (Å²) >= 11 is 1.41. The predicted molar refractivity (Wildman–Crippen MR) is 97.7 cm³/mol. The molecule has 1 N–H and O–H groups in total. The fourth-order valence-electron chi connectivity index (χ4n) is 2.97. The molecule has 4 rings (SSSR count). The summed E-state index contributed by atoms with van der Waals surface area (Å²) in [5.41, 5.74) is 0.988. The summed E-state index contributed by atoms with van der Waals surface area (Å²) in [4.78, 5) is 12.3. The molecule has 2 aliphatic rings. The van der Waals surface area contributed by atoms with Crippen molar-refractivity contribution in [3.05, 3.63) is 29.6 Å². The number of rotatable bonds is 6. The minimum atomic E-state index is -0.111. The van der Waals surface area contributed by atoms with Crippen LogP contribution in [-0.2, 0) is 11.8 Å². The molecule has 2 aromatic rings. The summed E-state index contributed by atoms with van der Waals surface area (Å²) in [5, 5.41) is 12.2. The van der Waals surface area contributed by atoms with Crippen molar-refractivity contribution in [2.75, 3.05) is 19.0 Å². The quantitative estimate of drug-likeness (QED) is 0.783. The molecule has 138 valence electrons. The highest BCUT2D eigenvalue weighted by Gasteiger charge is 2.29. The summed E-state index contributed by atoms with van der Waals surface area (Å²) in [6, 6.07) is 5.66. The standard InChI is InChI=1S/C18H22N4O3S/c1-11(13-5-6-14-15(9-13)25-8-7-24-14)19-16(23)10-26-18-21-20-17(22(18)2)12-3-4-12/h5-6,9,11-12H,3-4,7-8,10H2,1-2H3,(H,19,23). The van der Waals surface area contributed by atoms with Gasteiger partial charge in [-0.15, -0.1) is 10.2 Å². The van der Waals surface area contributed by atoms with Crippen LogP contribution in [0.25, 0.3) is 0 Å². The molecule has 1 saturated carbocycles. The van der Waals surface area contributed by atoms with Crippen LogP contribution in [0.1, 0.15) is 43.1 Å². The number of nitrogens with zero attached hydrogens (tertiary/aromatic N) is 3. The number of hydrogen-bond acceptors (Lipinski definition) is 6. The predicted octanol–water partition coefficient (Wildman–Crippen LogP) is 2.43. The molecule has 26 heavy (non-hydrogen) atoms. The van der Waals surface area contributed by atoms with E-state index in [-0.39, 0.29) is 11.9 Å². The third-order valence-corrected chi connectivity index (χ3v) is 5.61. The van der Waals surface area contributed by atoms with Crippen molar-refractivity contribution in [2.24, 2.45) is 7.05 Å². The lowest BCUT2D eigenvalue weighted by Gasteiger charge is -2.21. The van der Waals surface area contributed by atoms with Crippen LogP contribution in [0.15, 0.2) is 23.4 Å². The van der Waals surface area contributed by atoms with Crippen LogP contribution >= 0.6 is 11.8 Å². The number of carbonyl (C=O) groups is 1. The number of carbonyl (C=O) groups excluding carboxylic acids is 1. The zero-order valence-electron chi connectivity index (χ0n) is 14.9. The molecule has 1 aromatic carbocycles. The SMILES string of the molecule is CC(NC(=O)CSc1nnc(C2CC2)n1C)c1ccc2c(c1)OCCO2. The third kappa shape index (κ3) is 3.65. The van der Waals surface area contributed by atoms with Gasteiger partial charge in [0.25, 0.3) is 0 Å². The second kappa shape index (κ2) is 7.19. The molecular weight excluding hydrogens is 352 g/mol. The fourth-order valence-corrected chi connectivity index (χ4v) is 3.70. The Balaban J connectivity index is 1.33. The minimum Gasteiger partial charge on any atom is -0.486 e. The van der Waals surface area contributed by atoms with Gasteiger partial charge >= 0.3 is 0 Å². The zero-order valence-corrected chi connectivity index (χ0v) is 15.7. The van der Waals surface area contributed by atoms with Gasteiger partial charge in [-0.25, -0.2) is 0 Å². The molecule has 7 nitrogen and oxygen atoms in total. The smallest absolute Gasteiger partial charge is 0.230 e. The first kappa shape index (κ1) is 17.2. The first-order valence-corrected chi connectivity index (χ1v) is 9.81. The molecule has 0 saturated heterocycles. The molecule has 0 spiro atoms. The molecule has 1 fully saturated rings. The van der Waals surface area contributed by atoms with E-state index in [0.717, 1.165) is 28.0 Å². The van der Waals surface area contributed by atoms with E-state index in [1.54, 1.807) is 0 Å². The maximum atomic E-state index is 12.3. The monoisotopic (exact) mass is 374 g/mol. The maximum Gasteiger partial charge on any atom is 0.230 e. The third-order valence-electron chi connectivity index (χ3n) is 4.59. The van der Waals surface area contributed by atoms with Crippen LogP contribution in [0.4, 0.5) is 0 Å². The van der Waals surface area contributed by atoms with E-state index in [0.29, 0.717) is 24.9 Å². The van der Waals surface area contributed by atoms with Crippen molar-refractivity contribution < 1.29 is 14.3 Å². The molecule has 1 aliphatic heterocycles. The topological polar surface area (TPSA) is 78.3 Å². The Bertz CT molecular complexity index is 819. The normalized spacial score (nSPS) is 17.0. The lowest BCUT2D eigenvalue weighted by atomic mass is 10.1. The van der Waals surface area contributed by atoms with Crippen molar-refractivity contribution in [1.29, 1.82) is 0 Å². The average molecular weight is 374 g/mol. The summed E-state index contributed by atoms with van der Waals surface area (Å²) in [6.07, 6.45) is 2.37. The van der Waals surface area contributed by atoms with E-state index in [9.17, 15) is 4.79 Å². The number of nitrogens with one attached hydrogen (secondary N) is 1. The van der Waals surface area contributed by atoms with Crippen LogP contribution in [0.5, 0.6) is 11.5 Å². The average Bonchev–Trinajstić information content (AvgIpc) is 3.43. The zero-order chi connectivity index (χ0) is 18.1. The number of benzene rings is 1. The second-order valence-corrected chi connectivity index (χ2v) is 7.60. The van der Waals surface area contributed by atoms with Gasteiger partial charge in [-0.05, 0) is 37.5 Å². The molecule has 0 bridgehead atoms. The van der Waals surface area contributed by atoms with Gasteiger partial charge in [-0.2, -0.15) is 0 Å². The van der Waals surface area contributed by atoms with Crippen LogP contribution < -0.4 is 14.8 Å². The lowest BCUT2D eigenvalue weighted by molar-refractivity contribution is -0.119. The summed E-state index contributed by atoms with van der Waals surface area (Å²) in [7, 11) is 1.96. The Kier molecular flexibility index (Phi) is 4.76. The molecule has 8 heteroatoms.